The molecule has 1 amide bonds. The molecule has 0 aromatic heterocycles. The predicted octanol–water partition coefficient (Wildman–Crippen LogP) is 2.90. The summed E-state index contributed by atoms with van der Waals surface area (Å²) in [5.74, 6) is 1.34. The highest BCUT2D eigenvalue weighted by Gasteiger charge is 2.15. The van der Waals surface area contributed by atoms with Crippen LogP contribution in [0, 0.1) is 0 Å². The first-order valence-electron chi connectivity index (χ1n) is 7.24. The summed E-state index contributed by atoms with van der Waals surface area (Å²) in [5.41, 5.74) is 1.60. The van der Waals surface area contributed by atoms with Gasteiger partial charge in [-0.05, 0) is 31.2 Å². The molecule has 2 aromatic rings. The molecule has 1 atom stereocenters. The zero-order chi connectivity index (χ0) is 15.4. The molecular weight excluding hydrogens is 280 g/mol. The van der Waals surface area contributed by atoms with Gasteiger partial charge in [-0.3, -0.25) is 4.79 Å². The summed E-state index contributed by atoms with van der Waals surface area (Å²) < 4.78 is 11.0. The summed E-state index contributed by atoms with van der Waals surface area (Å²) >= 11 is 0. The highest BCUT2D eigenvalue weighted by atomic mass is 16.6. The van der Waals surface area contributed by atoms with E-state index < -0.39 is 0 Å². The maximum Gasteiger partial charge on any atom is 0.246 e. The lowest BCUT2D eigenvalue weighted by molar-refractivity contribution is -0.116. The average Bonchev–Trinajstić information content (AvgIpc) is 2.55. The van der Waals surface area contributed by atoms with E-state index in [1.54, 1.807) is 0 Å². The number of hydrogen-bond donors (Lipinski definition) is 2. The van der Waals surface area contributed by atoms with Gasteiger partial charge in [0.1, 0.15) is 19.3 Å². The number of rotatable bonds is 4. The molecule has 2 aromatic carbocycles. The number of fused-ring (bicyclic) bond motifs is 1. The summed E-state index contributed by atoms with van der Waals surface area (Å²) in [7, 11) is 0. The Hall–Kier alpha value is -2.69. The predicted molar refractivity (Wildman–Crippen MR) is 85.6 cm³/mol. The van der Waals surface area contributed by atoms with Gasteiger partial charge < -0.3 is 20.1 Å². The van der Waals surface area contributed by atoms with Crippen molar-refractivity contribution in [2.24, 2.45) is 0 Å². The van der Waals surface area contributed by atoms with Gasteiger partial charge in [0.25, 0.3) is 0 Å². The van der Waals surface area contributed by atoms with Crippen molar-refractivity contribution in [3.8, 4) is 11.5 Å². The number of para-hydroxylation sites is 1. The number of carbonyl (C=O) groups is 1. The first kappa shape index (κ1) is 14.3. The maximum atomic E-state index is 12.2. The van der Waals surface area contributed by atoms with Crippen molar-refractivity contribution in [1.29, 1.82) is 0 Å². The maximum absolute atomic E-state index is 12.2. The van der Waals surface area contributed by atoms with Crippen LogP contribution >= 0.6 is 0 Å². The zero-order valence-electron chi connectivity index (χ0n) is 12.3. The molecule has 114 valence electrons. The van der Waals surface area contributed by atoms with Crippen LogP contribution in [0.4, 0.5) is 11.4 Å². The van der Waals surface area contributed by atoms with Gasteiger partial charge in [0.15, 0.2) is 11.5 Å². The molecule has 5 nitrogen and oxygen atoms in total. The molecule has 3 rings (SSSR count). The van der Waals surface area contributed by atoms with Crippen LogP contribution < -0.4 is 20.1 Å². The highest BCUT2D eigenvalue weighted by Crippen LogP contribution is 2.32. The van der Waals surface area contributed by atoms with Crippen molar-refractivity contribution < 1.29 is 14.3 Å². The molecule has 0 spiro atoms. The van der Waals surface area contributed by atoms with Crippen molar-refractivity contribution >= 4 is 17.3 Å². The number of ether oxygens (including phenoxy) is 2. The fourth-order valence-electron chi connectivity index (χ4n) is 2.22. The third-order valence-corrected chi connectivity index (χ3v) is 3.36. The monoisotopic (exact) mass is 298 g/mol. The summed E-state index contributed by atoms with van der Waals surface area (Å²) in [6.07, 6.45) is 0. The first-order valence-corrected chi connectivity index (χ1v) is 7.24. The minimum absolute atomic E-state index is 0.0962. The van der Waals surface area contributed by atoms with E-state index in [-0.39, 0.29) is 11.9 Å². The molecule has 0 bridgehead atoms. The van der Waals surface area contributed by atoms with Crippen LogP contribution in [0.1, 0.15) is 6.92 Å². The molecule has 0 unspecified atom stereocenters. The second-order valence-corrected chi connectivity index (χ2v) is 5.08. The van der Waals surface area contributed by atoms with Gasteiger partial charge in [-0.25, -0.2) is 0 Å². The van der Waals surface area contributed by atoms with Gasteiger partial charge in [-0.2, -0.15) is 0 Å². The lowest BCUT2D eigenvalue weighted by Gasteiger charge is -2.20. The van der Waals surface area contributed by atoms with Gasteiger partial charge in [0, 0.05) is 17.4 Å². The minimum Gasteiger partial charge on any atom is -0.486 e. The number of anilines is 2. The Kier molecular flexibility index (Phi) is 4.14. The quantitative estimate of drug-likeness (QED) is 0.911. The number of carbonyl (C=O) groups excluding carboxylic acids is 1. The molecule has 5 heteroatoms. The molecule has 1 aliphatic rings. The normalized spacial score (nSPS) is 14.0. The molecule has 0 radical (unpaired) electrons. The molecule has 2 N–H and O–H groups in total. The topological polar surface area (TPSA) is 59.6 Å². The van der Waals surface area contributed by atoms with Gasteiger partial charge in [-0.15, -0.1) is 0 Å². The Morgan fingerprint density at radius 1 is 1.00 bits per heavy atom. The Labute approximate surface area is 129 Å². The Morgan fingerprint density at radius 2 is 1.73 bits per heavy atom. The third-order valence-electron chi connectivity index (χ3n) is 3.36. The van der Waals surface area contributed by atoms with E-state index in [2.05, 4.69) is 10.6 Å². The standard InChI is InChI=1S/C17H18N2O3/c1-12(17(20)19-13-5-3-2-4-6-13)18-14-7-8-15-16(11-14)22-10-9-21-15/h2-8,11-12,18H,9-10H2,1H3,(H,19,20)/t12-/m1/s1. The molecule has 1 aliphatic heterocycles. The van der Waals surface area contributed by atoms with Gasteiger partial charge in [-0.1, -0.05) is 18.2 Å². The van der Waals surface area contributed by atoms with E-state index in [4.69, 9.17) is 9.47 Å². The molecular formula is C17H18N2O3. The van der Waals surface area contributed by atoms with Crippen molar-refractivity contribution in [1.82, 2.24) is 0 Å². The third kappa shape index (κ3) is 3.31. The molecule has 0 aliphatic carbocycles. The number of amides is 1. The highest BCUT2D eigenvalue weighted by molar-refractivity contribution is 5.96. The molecule has 1 heterocycles. The van der Waals surface area contributed by atoms with E-state index in [1.807, 2.05) is 55.5 Å². The summed E-state index contributed by atoms with van der Waals surface area (Å²) in [4.78, 5) is 12.2. The number of benzene rings is 2. The van der Waals surface area contributed by atoms with Crippen LogP contribution in [0.15, 0.2) is 48.5 Å². The van der Waals surface area contributed by atoms with Crippen molar-refractivity contribution in [2.45, 2.75) is 13.0 Å². The van der Waals surface area contributed by atoms with E-state index in [1.165, 1.54) is 0 Å². The smallest absolute Gasteiger partial charge is 0.246 e. The summed E-state index contributed by atoms with van der Waals surface area (Å²) in [6.45, 7) is 2.92. The Bertz CT molecular complexity index is 658. The van der Waals surface area contributed by atoms with Crippen LogP contribution in [-0.4, -0.2) is 25.2 Å². The van der Waals surface area contributed by atoms with Crippen molar-refractivity contribution in [3.63, 3.8) is 0 Å². The summed E-state index contributed by atoms with van der Waals surface area (Å²) in [6, 6.07) is 14.6. The Balaban J connectivity index is 1.63. The Morgan fingerprint density at radius 3 is 2.50 bits per heavy atom. The fraction of sp³-hybridized carbons (Fsp3) is 0.235. The lowest BCUT2D eigenvalue weighted by Crippen LogP contribution is -2.31. The van der Waals surface area contributed by atoms with E-state index >= 15 is 0 Å². The molecule has 0 saturated heterocycles. The first-order chi connectivity index (χ1) is 10.7. The van der Waals surface area contributed by atoms with Crippen LogP contribution in [0.25, 0.3) is 0 Å². The van der Waals surface area contributed by atoms with Gasteiger partial charge >= 0.3 is 0 Å². The lowest BCUT2D eigenvalue weighted by atomic mass is 10.2. The average molecular weight is 298 g/mol. The largest absolute Gasteiger partial charge is 0.486 e. The molecule has 22 heavy (non-hydrogen) atoms. The van der Waals surface area contributed by atoms with Crippen LogP contribution in [0.5, 0.6) is 11.5 Å². The summed E-state index contributed by atoms with van der Waals surface area (Å²) in [5, 5.41) is 6.03. The molecule has 0 saturated carbocycles. The van der Waals surface area contributed by atoms with Gasteiger partial charge in [0.2, 0.25) is 5.91 Å². The SMILES string of the molecule is C[C@@H](Nc1ccc2c(c1)OCCO2)C(=O)Nc1ccccc1. The molecule has 0 fully saturated rings. The second-order valence-electron chi connectivity index (χ2n) is 5.08. The second kappa shape index (κ2) is 6.39. The zero-order valence-corrected chi connectivity index (χ0v) is 12.3. The minimum atomic E-state index is -0.372. The number of nitrogens with one attached hydrogen (secondary N) is 2. The van der Waals surface area contributed by atoms with E-state index in [0.29, 0.717) is 19.0 Å². The van der Waals surface area contributed by atoms with Crippen LogP contribution in [0.2, 0.25) is 0 Å². The van der Waals surface area contributed by atoms with Crippen molar-refractivity contribution in [3.05, 3.63) is 48.5 Å². The fourth-order valence-corrected chi connectivity index (χ4v) is 2.22. The van der Waals surface area contributed by atoms with Crippen LogP contribution in [-0.2, 0) is 4.79 Å². The van der Waals surface area contributed by atoms with Crippen molar-refractivity contribution in [2.75, 3.05) is 23.8 Å². The number of hydrogen-bond acceptors (Lipinski definition) is 4. The van der Waals surface area contributed by atoms with E-state index in [9.17, 15) is 4.79 Å². The van der Waals surface area contributed by atoms with E-state index in [0.717, 1.165) is 17.1 Å². The van der Waals surface area contributed by atoms with Gasteiger partial charge in [0.05, 0.1) is 0 Å². The van der Waals surface area contributed by atoms with Crippen LogP contribution in [0.3, 0.4) is 0 Å².